The quantitative estimate of drug-likeness (QED) is 0.303. The number of nitrogen functional groups attached to an aromatic ring is 1. The molecule has 204 valence electrons. The highest BCUT2D eigenvalue weighted by atomic mass is 35.5. The Labute approximate surface area is 231 Å². The molecule has 10 heteroatoms. The lowest BCUT2D eigenvalue weighted by molar-refractivity contribution is 0.0210. The van der Waals surface area contributed by atoms with Crippen LogP contribution in [0.3, 0.4) is 0 Å². The average molecular weight is 549 g/mol. The third kappa shape index (κ3) is 6.20. The van der Waals surface area contributed by atoms with Gasteiger partial charge in [0.1, 0.15) is 5.60 Å². The Morgan fingerprint density at radius 2 is 1.92 bits per heavy atom. The molecule has 0 aliphatic carbocycles. The van der Waals surface area contributed by atoms with Gasteiger partial charge < -0.3 is 25.3 Å². The number of anilines is 2. The van der Waals surface area contributed by atoms with Gasteiger partial charge in [-0.05, 0) is 80.6 Å². The Morgan fingerprint density at radius 1 is 1.15 bits per heavy atom. The molecule has 0 bridgehead atoms. The maximum Gasteiger partial charge on any atom is 0.410 e. The summed E-state index contributed by atoms with van der Waals surface area (Å²) in [6.07, 6.45) is 3.12. The number of pyridine rings is 1. The molecule has 0 radical (unpaired) electrons. The van der Waals surface area contributed by atoms with E-state index in [0.717, 1.165) is 46.1 Å². The second-order valence-electron chi connectivity index (χ2n) is 11.0. The molecule has 3 heterocycles. The molecule has 0 atom stereocenters. The molecule has 1 aliphatic heterocycles. The van der Waals surface area contributed by atoms with Crippen molar-refractivity contribution in [3.05, 3.63) is 75.7 Å². The van der Waals surface area contributed by atoms with Gasteiger partial charge in [0.15, 0.2) is 5.82 Å². The predicted octanol–water partition coefficient (Wildman–Crippen LogP) is 5.49. The van der Waals surface area contributed by atoms with Gasteiger partial charge >= 0.3 is 6.09 Å². The highest BCUT2D eigenvalue weighted by Crippen LogP contribution is 2.34. The number of hydrogen-bond acceptors (Lipinski definition) is 6. The minimum atomic E-state index is -0.520. The topological polar surface area (TPSA) is 118 Å². The van der Waals surface area contributed by atoms with E-state index in [1.165, 1.54) is 0 Å². The molecule has 0 saturated carbocycles. The van der Waals surface area contributed by atoms with Crippen LogP contribution < -0.4 is 16.6 Å². The van der Waals surface area contributed by atoms with Crippen molar-refractivity contribution in [1.29, 1.82) is 0 Å². The first-order valence-corrected chi connectivity index (χ1v) is 13.4. The SMILES string of the molecule is CC(C)(C)OC(=O)N1CCC(Nc2cc(-c3ccc(=O)n(Cc4cccc(Cl)c4)c3)cc3[nH]nc(N)c23)CC1. The Hall–Kier alpha value is -3.98. The molecule has 39 heavy (non-hydrogen) atoms. The van der Waals surface area contributed by atoms with Crippen molar-refractivity contribution < 1.29 is 9.53 Å². The summed E-state index contributed by atoms with van der Waals surface area (Å²) >= 11 is 6.14. The van der Waals surface area contributed by atoms with Gasteiger partial charge in [-0.25, -0.2) is 4.79 Å². The number of amides is 1. The van der Waals surface area contributed by atoms with Crippen LogP contribution in [0.4, 0.5) is 16.3 Å². The summed E-state index contributed by atoms with van der Waals surface area (Å²) in [6.45, 7) is 7.23. The number of nitrogens with two attached hydrogens (primary N) is 1. The number of aromatic nitrogens is 3. The van der Waals surface area contributed by atoms with Crippen LogP contribution in [-0.4, -0.2) is 50.5 Å². The first-order chi connectivity index (χ1) is 18.6. The Bertz CT molecular complexity index is 1560. The normalized spacial score (nSPS) is 14.5. The molecule has 1 aliphatic rings. The van der Waals surface area contributed by atoms with Crippen molar-refractivity contribution >= 4 is 40.1 Å². The third-order valence-electron chi connectivity index (χ3n) is 6.76. The molecule has 1 fully saturated rings. The average Bonchev–Trinajstić information content (AvgIpc) is 3.25. The number of halogens is 1. The largest absolute Gasteiger partial charge is 0.444 e. The van der Waals surface area contributed by atoms with Crippen molar-refractivity contribution in [2.45, 2.75) is 51.8 Å². The highest BCUT2D eigenvalue weighted by molar-refractivity contribution is 6.30. The molecule has 4 aromatic rings. The molecule has 2 aromatic heterocycles. The summed E-state index contributed by atoms with van der Waals surface area (Å²) in [6, 6.07) is 15.1. The molecular formula is C29H33ClN6O3. The third-order valence-corrected chi connectivity index (χ3v) is 6.99. The number of carbonyl (C=O) groups excluding carboxylic acids is 1. The van der Waals surface area contributed by atoms with Crippen molar-refractivity contribution in [1.82, 2.24) is 19.7 Å². The van der Waals surface area contributed by atoms with Gasteiger partial charge in [-0.1, -0.05) is 23.7 Å². The lowest BCUT2D eigenvalue weighted by Crippen LogP contribution is -2.44. The molecule has 1 saturated heterocycles. The Balaban J connectivity index is 1.39. The standard InChI is InChI=1S/C29H33ClN6O3/c1-29(2,3)39-28(38)35-11-9-22(10-12-35)32-23-14-20(15-24-26(23)27(31)34-33-24)19-7-8-25(37)36(17-19)16-18-5-4-6-21(30)13-18/h4-8,13-15,17,22,32H,9-12,16H2,1-3H3,(H3,31,33,34). The molecule has 1 amide bonds. The van der Waals surface area contributed by atoms with Crippen LogP contribution in [0.5, 0.6) is 0 Å². The number of rotatable bonds is 5. The van der Waals surface area contributed by atoms with E-state index in [-0.39, 0.29) is 17.7 Å². The van der Waals surface area contributed by atoms with Crippen molar-refractivity contribution in [3.8, 4) is 11.1 Å². The van der Waals surface area contributed by atoms with E-state index in [1.807, 2.05) is 69.4 Å². The molecular weight excluding hydrogens is 516 g/mol. The fraction of sp³-hybridized carbons (Fsp3) is 0.345. The maximum absolute atomic E-state index is 12.6. The number of piperidine rings is 1. The number of fused-ring (bicyclic) bond motifs is 1. The zero-order valence-electron chi connectivity index (χ0n) is 22.3. The molecule has 9 nitrogen and oxygen atoms in total. The summed E-state index contributed by atoms with van der Waals surface area (Å²) in [5.74, 6) is 0.413. The molecule has 2 aromatic carbocycles. The minimum absolute atomic E-state index is 0.0966. The van der Waals surface area contributed by atoms with E-state index < -0.39 is 5.60 Å². The van der Waals surface area contributed by atoms with Crippen LogP contribution >= 0.6 is 11.6 Å². The maximum atomic E-state index is 12.6. The summed E-state index contributed by atoms with van der Waals surface area (Å²) in [5.41, 5.74) is 10.0. The second-order valence-corrected chi connectivity index (χ2v) is 11.4. The number of aromatic amines is 1. The summed E-state index contributed by atoms with van der Waals surface area (Å²) < 4.78 is 7.20. The first-order valence-electron chi connectivity index (χ1n) is 13.0. The van der Waals surface area contributed by atoms with Crippen LogP contribution in [0.2, 0.25) is 5.02 Å². The number of likely N-dealkylation sites (tertiary alicyclic amines) is 1. The molecule has 0 unspecified atom stereocenters. The van der Waals surface area contributed by atoms with Crippen LogP contribution in [0.1, 0.15) is 39.2 Å². The smallest absolute Gasteiger partial charge is 0.410 e. The van der Waals surface area contributed by atoms with Gasteiger partial charge in [0.05, 0.1) is 17.4 Å². The number of H-pyrrole nitrogens is 1. The number of benzene rings is 2. The van der Waals surface area contributed by atoms with Crippen LogP contribution in [0.15, 0.2) is 59.5 Å². The van der Waals surface area contributed by atoms with Gasteiger partial charge in [0.2, 0.25) is 0 Å². The minimum Gasteiger partial charge on any atom is -0.444 e. The van der Waals surface area contributed by atoms with Crippen molar-refractivity contribution in [3.63, 3.8) is 0 Å². The summed E-state index contributed by atoms with van der Waals surface area (Å²) in [4.78, 5) is 26.9. The second kappa shape index (κ2) is 10.6. The number of carbonyl (C=O) groups is 1. The molecule has 4 N–H and O–H groups in total. The van der Waals surface area contributed by atoms with E-state index in [4.69, 9.17) is 22.1 Å². The van der Waals surface area contributed by atoms with Crippen LogP contribution in [0.25, 0.3) is 22.0 Å². The van der Waals surface area contributed by atoms with Gasteiger partial charge in [-0.3, -0.25) is 9.89 Å². The van der Waals surface area contributed by atoms with Gasteiger partial charge in [-0.15, -0.1) is 0 Å². The lowest BCUT2D eigenvalue weighted by Gasteiger charge is -2.34. The first kappa shape index (κ1) is 26.6. The fourth-order valence-electron chi connectivity index (χ4n) is 4.87. The molecule has 0 spiro atoms. The van der Waals surface area contributed by atoms with Crippen LogP contribution in [0, 0.1) is 0 Å². The zero-order chi connectivity index (χ0) is 27.7. The van der Waals surface area contributed by atoms with Crippen molar-refractivity contribution in [2.75, 3.05) is 24.1 Å². The lowest BCUT2D eigenvalue weighted by atomic mass is 10.0. The summed E-state index contributed by atoms with van der Waals surface area (Å²) in [7, 11) is 0. The van der Waals surface area contributed by atoms with Gasteiger partial charge in [0, 0.05) is 42.1 Å². The van der Waals surface area contributed by atoms with E-state index >= 15 is 0 Å². The zero-order valence-corrected chi connectivity index (χ0v) is 23.1. The van der Waals surface area contributed by atoms with E-state index in [0.29, 0.717) is 30.5 Å². The van der Waals surface area contributed by atoms with Crippen LogP contribution in [-0.2, 0) is 11.3 Å². The predicted molar refractivity (Wildman–Crippen MR) is 155 cm³/mol. The van der Waals surface area contributed by atoms with Gasteiger partial charge in [-0.2, -0.15) is 5.10 Å². The van der Waals surface area contributed by atoms with Crippen molar-refractivity contribution in [2.24, 2.45) is 0 Å². The number of nitrogens with one attached hydrogen (secondary N) is 2. The van der Waals surface area contributed by atoms with E-state index in [9.17, 15) is 9.59 Å². The monoisotopic (exact) mass is 548 g/mol. The van der Waals surface area contributed by atoms with E-state index in [1.54, 1.807) is 15.5 Å². The highest BCUT2D eigenvalue weighted by Gasteiger charge is 2.27. The Kier molecular flexibility index (Phi) is 7.27. The molecule has 5 rings (SSSR count). The number of ether oxygens (including phenoxy) is 1. The number of hydrogen-bond donors (Lipinski definition) is 3. The number of nitrogens with zero attached hydrogens (tertiary/aromatic N) is 3. The summed E-state index contributed by atoms with van der Waals surface area (Å²) in [5, 5.41) is 12.3. The van der Waals surface area contributed by atoms with E-state index in [2.05, 4.69) is 15.5 Å². The fourth-order valence-corrected chi connectivity index (χ4v) is 5.09. The Morgan fingerprint density at radius 3 is 2.64 bits per heavy atom. The van der Waals surface area contributed by atoms with Gasteiger partial charge in [0.25, 0.3) is 5.56 Å².